The van der Waals surface area contributed by atoms with Gasteiger partial charge in [0.1, 0.15) is 0 Å². The molecule has 0 saturated carbocycles. The molecule has 13 heavy (non-hydrogen) atoms. The van der Waals surface area contributed by atoms with E-state index in [1.54, 1.807) is 0 Å². The molecule has 4 heteroatoms. The van der Waals surface area contributed by atoms with Crippen molar-refractivity contribution in [2.45, 2.75) is 12.5 Å². The van der Waals surface area contributed by atoms with Gasteiger partial charge in [0.05, 0.1) is 0 Å². The fourth-order valence-electron chi connectivity index (χ4n) is 1.20. The maximum Gasteiger partial charge on any atom is 0.0431 e. The van der Waals surface area contributed by atoms with Crippen molar-refractivity contribution in [3.8, 4) is 0 Å². The highest BCUT2D eigenvalue weighted by molar-refractivity contribution is 7.78. The molecule has 0 bridgehead atoms. The summed E-state index contributed by atoms with van der Waals surface area (Å²) in [5.74, 6) is 0. The first-order valence-corrected chi connectivity index (χ1v) is 4.95. The van der Waals surface area contributed by atoms with Crippen LogP contribution in [-0.4, -0.2) is 6.54 Å². The van der Waals surface area contributed by atoms with Crippen molar-refractivity contribution in [2.24, 2.45) is 5.73 Å². The molecule has 0 aromatic heterocycles. The zero-order valence-electron chi connectivity index (χ0n) is 7.20. The van der Waals surface area contributed by atoms with Crippen LogP contribution in [0, 0.1) is 0 Å². The van der Waals surface area contributed by atoms with Crippen LogP contribution in [0.5, 0.6) is 0 Å². The molecule has 1 atom stereocenters. The molecule has 0 radical (unpaired) electrons. The Labute approximate surface area is 89.0 Å². The van der Waals surface area contributed by atoms with Crippen LogP contribution in [0.4, 0.5) is 0 Å². The number of nitrogens with two attached hydrogens (primary N) is 1. The minimum absolute atomic E-state index is 0.173. The Bertz CT molecular complexity index is 268. The molecule has 1 rings (SSSR count). The molecular weight excluding hydrogens is 204 g/mol. The highest BCUT2D eigenvalue weighted by Gasteiger charge is 2.07. The third kappa shape index (κ3) is 3.19. The normalized spacial score (nSPS) is 12.8. The minimum Gasteiger partial charge on any atom is -0.330 e. The monoisotopic (exact) mass is 216 g/mol. The van der Waals surface area contributed by atoms with E-state index in [1.807, 2.05) is 24.3 Å². The van der Waals surface area contributed by atoms with Gasteiger partial charge in [-0.3, -0.25) is 4.72 Å². The van der Waals surface area contributed by atoms with Crippen molar-refractivity contribution in [3.63, 3.8) is 0 Å². The first-order valence-electron chi connectivity index (χ1n) is 4.13. The third-order valence-electron chi connectivity index (χ3n) is 1.86. The number of hydrogen-bond donors (Lipinski definition) is 3. The van der Waals surface area contributed by atoms with E-state index in [1.165, 1.54) is 0 Å². The number of halogens is 1. The Kier molecular flexibility index (Phi) is 4.59. The Hall–Kier alpha value is -0.220. The molecule has 0 aliphatic heterocycles. The second-order valence-corrected chi connectivity index (χ2v) is 3.51. The predicted octanol–water partition coefficient (Wildman–Crippen LogP) is 2.16. The van der Waals surface area contributed by atoms with E-state index in [9.17, 15) is 0 Å². The summed E-state index contributed by atoms with van der Waals surface area (Å²) in [6.07, 6.45) is 0.851. The third-order valence-corrected chi connectivity index (χ3v) is 2.41. The van der Waals surface area contributed by atoms with E-state index in [-0.39, 0.29) is 6.04 Å². The number of benzene rings is 1. The molecule has 0 amide bonds. The molecule has 3 N–H and O–H groups in total. The van der Waals surface area contributed by atoms with Crippen molar-refractivity contribution in [3.05, 3.63) is 34.9 Å². The molecule has 2 nitrogen and oxygen atoms in total. The number of rotatable bonds is 4. The van der Waals surface area contributed by atoms with Crippen molar-refractivity contribution >= 4 is 24.4 Å². The van der Waals surface area contributed by atoms with Gasteiger partial charge in [-0.05, 0) is 30.7 Å². The SMILES string of the molecule is NCCC(NS)c1cccc(Cl)c1. The molecule has 0 spiro atoms. The van der Waals surface area contributed by atoms with Gasteiger partial charge < -0.3 is 5.73 Å². The van der Waals surface area contributed by atoms with Crippen LogP contribution in [0.1, 0.15) is 18.0 Å². The Morgan fingerprint density at radius 2 is 2.31 bits per heavy atom. The van der Waals surface area contributed by atoms with Gasteiger partial charge in [-0.15, -0.1) is 0 Å². The second kappa shape index (κ2) is 5.50. The van der Waals surface area contributed by atoms with E-state index in [0.29, 0.717) is 6.54 Å². The highest BCUT2D eigenvalue weighted by Crippen LogP contribution is 2.20. The first-order chi connectivity index (χ1) is 6.27. The Morgan fingerprint density at radius 1 is 1.54 bits per heavy atom. The topological polar surface area (TPSA) is 38.0 Å². The van der Waals surface area contributed by atoms with Crippen molar-refractivity contribution < 1.29 is 0 Å². The molecule has 1 aromatic carbocycles. The summed E-state index contributed by atoms with van der Waals surface area (Å²) in [6, 6.07) is 7.88. The van der Waals surface area contributed by atoms with Gasteiger partial charge in [0.15, 0.2) is 0 Å². The van der Waals surface area contributed by atoms with Crippen molar-refractivity contribution in [1.29, 1.82) is 0 Å². The van der Waals surface area contributed by atoms with E-state index >= 15 is 0 Å². The molecule has 0 aliphatic rings. The molecule has 0 aliphatic carbocycles. The van der Waals surface area contributed by atoms with E-state index in [2.05, 4.69) is 17.5 Å². The molecule has 0 fully saturated rings. The van der Waals surface area contributed by atoms with Crippen molar-refractivity contribution in [2.75, 3.05) is 6.54 Å². The average Bonchev–Trinajstić information content (AvgIpc) is 2.14. The highest BCUT2D eigenvalue weighted by atomic mass is 35.5. The van der Waals surface area contributed by atoms with E-state index in [4.69, 9.17) is 17.3 Å². The van der Waals surface area contributed by atoms with Crippen LogP contribution >= 0.6 is 24.4 Å². The van der Waals surface area contributed by atoms with Gasteiger partial charge in [0, 0.05) is 11.1 Å². The lowest BCUT2D eigenvalue weighted by Gasteiger charge is -2.14. The summed E-state index contributed by atoms with van der Waals surface area (Å²) >= 11 is 9.91. The second-order valence-electron chi connectivity index (χ2n) is 2.81. The quantitative estimate of drug-likeness (QED) is 0.675. The summed E-state index contributed by atoms with van der Waals surface area (Å²) in [5, 5.41) is 0.739. The predicted molar refractivity (Wildman–Crippen MR) is 60.0 cm³/mol. The average molecular weight is 217 g/mol. The molecule has 1 unspecified atom stereocenters. The zero-order valence-corrected chi connectivity index (χ0v) is 8.85. The lowest BCUT2D eigenvalue weighted by Crippen LogP contribution is -2.16. The Balaban J connectivity index is 2.78. The molecule has 0 heterocycles. The molecular formula is C9H13ClN2S. The smallest absolute Gasteiger partial charge is 0.0431 e. The molecule has 1 aromatic rings. The fraction of sp³-hybridized carbons (Fsp3) is 0.333. The van der Waals surface area contributed by atoms with E-state index in [0.717, 1.165) is 17.0 Å². The Morgan fingerprint density at radius 3 is 2.85 bits per heavy atom. The maximum absolute atomic E-state index is 5.86. The van der Waals surface area contributed by atoms with Crippen LogP contribution in [-0.2, 0) is 0 Å². The van der Waals surface area contributed by atoms with Crippen LogP contribution in [0.15, 0.2) is 24.3 Å². The van der Waals surface area contributed by atoms with Crippen molar-refractivity contribution in [1.82, 2.24) is 4.72 Å². The fourth-order valence-corrected chi connectivity index (χ4v) is 1.67. The van der Waals surface area contributed by atoms with Gasteiger partial charge >= 0.3 is 0 Å². The number of nitrogens with one attached hydrogen (secondary N) is 1. The lowest BCUT2D eigenvalue weighted by atomic mass is 10.1. The summed E-state index contributed by atoms with van der Waals surface area (Å²) in [5.41, 5.74) is 6.59. The largest absolute Gasteiger partial charge is 0.330 e. The molecule has 0 saturated heterocycles. The first kappa shape index (κ1) is 10.9. The van der Waals surface area contributed by atoms with Crippen LogP contribution in [0.3, 0.4) is 0 Å². The van der Waals surface area contributed by atoms with Gasteiger partial charge in [-0.1, -0.05) is 36.5 Å². The maximum atomic E-state index is 5.86. The van der Waals surface area contributed by atoms with Gasteiger partial charge in [0.25, 0.3) is 0 Å². The standard InChI is InChI=1S/C9H13ClN2S/c10-8-3-1-2-7(6-8)9(12-13)4-5-11/h1-3,6,9,12-13H,4-5,11H2. The van der Waals surface area contributed by atoms with Crippen LogP contribution in [0.2, 0.25) is 5.02 Å². The minimum atomic E-state index is 0.173. The van der Waals surface area contributed by atoms with Crippen LogP contribution < -0.4 is 10.5 Å². The summed E-state index contributed by atoms with van der Waals surface area (Å²) in [7, 11) is 0. The summed E-state index contributed by atoms with van der Waals surface area (Å²) < 4.78 is 2.90. The van der Waals surface area contributed by atoms with Gasteiger partial charge in [-0.25, -0.2) is 0 Å². The zero-order chi connectivity index (χ0) is 9.68. The van der Waals surface area contributed by atoms with E-state index < -0.39 is 0 Å². The summed E-state index contributed by atoms with van der Waals surface area (Å²) in [6.45, 7) is 0.630. The molecule has 72 valence electrons. The number of hydrogen-bond acceptors (Lipinski definition) is 3. The summed E-state index contributed by atoms with van der Waals surface area (Å²) in [4.78, 5) is 0. The van der Waals surface area contributed by atoms with Gasteiger partial charge in [0.2, 0.25) is 0 Å². The lowest BCUT2D eigenvalue weighted by molar-refractivity contribution is 0.625. The van der Waals surface area contributed by atoms with Gasteiger partial charge in [-0.2, -0.15) is 0 Å². The number of thiol groups is 1. The van der Waals surface area contributed by atoms with Crippen LogP contribution in [0.25, 0.3) is 0 Å².